The van der Waals surface area contributed by atoms with Crippen LogP contribution in [0, 0.1) is 17.5 Å². The van der Waals surface area contributed by atoms with Crippen LogP contribution in [0.1, 0.15) is 6.92 Å². The first kappa shape index (κ1) is 22.2. The van der Waals surface area contributed by atoms with E-state index in [1.165, 1.54) is 12.1 Å². The van der Waals surface area contributed by atoms with Crippen molar-refractivity contribution in [1.29, 1.82) is 0 Å². The summed E-state index contributed by atoms with van der Waals surface area (Å²) < 4.78 is 48.0. The summed E-state index contributed by atoms with van der Waals surface area (Å²) in [6, 6.07) is 8.91. The highest BCUT2D eigenvalue weighted by Crippen LogP contribution is 2.30. The molecule has 7 nitrogen and oxygen atoms in total. The first-order valence-electron chi connectivity index (χ1n) is 9.89. The summed E-state index contributed by atoms with van der Waals surface area (Å²) in [6.45, 7) is 3.87. The molecule has 0 radical (unpaired) electrons. The van der Waals surface area contributed by atoms with Crippen LogP contribution in [0.4, 0.5) is 24.8 Å². The minimum atomic E-state index is -0.868. The minimum absolute atomic E-state index is 0.121. The predicted octanol–water partition coefficient (Wildman–Crippen LogP) is 3.64. The first-order valence-corrected chi connectivity index (χ1v) is 10.8. The zero-order valence-electron chi connectivity index (χ0n) is 17.1. The van der Waals surface area contributed by atoms with Crippen molar-refractivity contribution in [3.8, 4) is 5.69 Å². The number of amides is 1. The summed E-state index contributed by atoms with van der Waals surface area (Å²) in [5.41, 5.74) is 0.389. The second kappa shape index (κ2) is 9.61. The van der Waals surface area contributed by atoms with Gasteiger partial charge in [-0.05, 0) is 37.3 Å². The number of benzene rings is 2. The van der Waals surface area contributed by atoms with E-state index in [0.29, 0.717) is 49.2 Å². The first-order chi connectivity index (χ1) is 15.4. The van der Waals surface area contributed by atoms with Crippen LogP contribution in [0.2, 0.25) is 0 Å². The predicted molar refractivity (Wildman–Crippen MR) is 115 cm³/mol. The van der Waals surface area contributed by atoms with Crippen LogP contribution in [0.25, 0.3) is 5.69 Å². The zero-order valence-corrected chi connectivity index (χ0v) is 17.9. The van der Waals surface area contributed by atoms with E-state index in [9.17, 15) is 18.0 Å². The molecule has 2 aromatic carbocycles. The third kappa shape index (κ3) is 4.89. The molecule has 1 unspecified atom stereocenters. The van der Waals surface area contributed by atoms with Crippen molar-refractivity contribution >= 4 is 29.3 Å². The Kier molecular flexibility index (Phi) is 6.66. The number of carbonyl (C=O) groups is 1. The Morgan fingerprint density at radius 2 is 1.84 bits per heavy atom. The van der Waals surface area contributed by atoms with Crippen LogP contribution in [-0.2, 0) is 9.53 Å². The summed E-state index contributed by atoms with van der Waals surface area (Å²) in [6.07, 6.45) is 0. The Hall–Kier alpha value is -3.05. The standard InChI is InChI=1S/C21H20F3N5O2S/c1-13(19(30)25-18-6-5-15(23)12-17(18)24)32-21-27-26-20(28-7-9-31-10-8-28)29(21)16-4-2-3-14(22)11-16/h2-6,11-13H,7-10H2,1H3,(H,25,30). The lowest BCUT2D eigenvalue weighted by molar-refractivity contribution is -0.115. The summed E-state index contributed by atoms with van der Waals surface area (Å²) in [5.74, 6) is -2.01. The molecule has 1 atom stereocenters. The normalized spacial score (nSPS) is 14.9. The van der Waals surface area contributed by atoms with Gasteiger partial charge in [-0.15, -0.1) is 10.2 Å². The van der Waals surface area contributed by atoms with E-state index in [4.69, 9.17) is 4.74 Å². The topological polar surface area (TPSA) is 72.3 Å². The Morgan fingerprint density at radius 3 is 2.56 bits per heavy atom. The maximum absolute atomic E-state index is 13.9. The van der Waals surface area contributed by atoms with Crippen LogP contribution >= 0.6 is 11.8 Å². The Labute approximate surface area is 186 Å². The molecule has 1 aliphatic rings. The molecule has 2 heterocycles. The fourth-order valence-corrected chi connectivity index (χ4v) is 4.05. The number of rotatable bonds is 6. The molecule has 32 heavy (non-hydrogen) atoms. The van der Waals surface area contributed by atoms with Gasteiger partial charge in [0, 0.05) is 19.2 Å². The highest BCUT2D eigenvalue weighted by molar-refractivity contribution is 8.00. The molecule has 1 aliphatic heterocycles. The van der Waals surface area contributed by atoms with Gasteiger partial charge in [0.1, 0.15) is 17.5 Å². The van der Waals surface area contributed by atoms with Crippen LogP contribution in [-0.4, -0.2) is 52.2 Å². The molecule has 1 N–H and O–H groups in total. The van der Waals surface area contributed by atoms with E-state index in [0.717, 1.165) is 23.9 Å². The Morgan fingerprint density at radius 1 is 1.09 bits per heavy atom. The summed E-state index contributed by atoms with van der Waals surface area (Å²) in [5, 5.41) is 10.6. The van der Waals surface area contributed by atoms with Gasteiger partial charge in [-0.1, -0.05) is 17.8 Å². The smallest absolute Gasteiger partial charge is 0.237 e. The number of nitrogens with one attached hydrogen (secondary N) is 1. The molecular formula is C21H20F3N5O2S. The van der Waals surface area contributed by atoms with Crippen LogP contribution < -0.4 is 10.2 Å². The Balaban J connectivity index is 1.59. The number of aromatic nitrogens is 3. The minimum Gasteiger partial charge on any atom is -0.378 e. The largest absolute Gasteiger partial charge is 0.378 e. The van der Waals surface area contributed by atoms with Crippen molar-refractivity contribution in [3.63, 3.8) is 0 Å². The average Bonchev–Trinajstić information content (AvgIpc) is 3.19. The molecule has 1 amide bonds. The van der Waals surface area contributed by atoms with Gasteiger partial charge in [-0.3, -0.25) is 9.36 Å². The number of nitrogens with zero attached hydrogens (tertiary/aromatic N) is 4. The van der Waals surface area contributed by atoms with Gasteiger partial charge >= 0.3 is 0 Å². The highest BCUT2D eigenvalue weighted by Gasteiger charge is 2.25. The number of anilines is 2. The third-order valence-electron chi connectivity index (χ3n) is 4.82. The number of carbonyl (C=O) groups excluding carboxylic acids is 1. The fourth-order valence-electron chi connectivity index (χ4n) is 3.18. The third-order valence-corrected chi connectivity index (χ3v) is 5.86. The number of thioether (sulfide) groups is 1. The quantitative estimate of drug-likeness (QED) is 0.563. The van der Waals surface area contributed by atoms with Crippen molar-refractivity contribution < 1.29 is 22.7 Å². The van der Waals surface area contributed by atoms with Gasteiger partial charge in [0.25, 0.3) is 0 Å². The van der Waals surface area contributed by atoms with Gasteiger partial charge in [-0.2, -0.15) is 0 Å². The van der Waals surface area contributed by atoms with Crippen molar-refractivity contribution in [2.45, 2.75) is 17.3 Å². The van der Waals surface area contributed by atoms with E-state index >= 15 is 0 Å². The van der Waals surface area contributed by atoms with Gasteiger partial charge < -0.3 is 15.0 Å². The Bertz CT molecular complexity index is 1120. The number of ether oxygens (including phenoxy) is 1. The summed E-state index contributed by atoms with van der Waals surface area (Å²) >= 11 is 1.09. The molecule has 0 saturated carbocycles. The number of halogens is 3. The van der Waals surface area contributed by atoms with Gasteiger partial charge in [0.15, 0.2) is 5.16 Å². The lowest BCUT2D eigenvalue weighted by atomic mass is 10.3. The van der Waals surface area contributed by atoms with E-state index in [1.807, 2.05) is 4.90 Å². The monoisotopic (exact) mass is 463 g/mol. The van der Waals surface area contributed by atoms with Gasteiger partial charge in [-0.25, -0.2) is 13.2 Å². The van der Waals surface area contributed by atoms with E-state index in [1.54, 1.807) is 23.6 Å². The lowest BCUT2D eigenvalue weighted by Gasteiger charge is -2.28. The van der Waals surface area contributed by atoms with Crippen molar-refractivity contribution in [2.75, 3.05) is 36.5 Å². The fraction of sp³-hybridized carbons (Fsp3) is 0.286. The lowest BCUT2D eigenvalue weighted by Crippen LogP contribution is -2.38. The number of hydrogen-bond donors (Lipinski definition) is 1. The molecule has 1 saturated heterocycles. The molecular weight excluding hydrogens is 443 g/mol. The maximum atomic E-state index is 13.9. The van der Waals surface area contributed by atoms with Crippen molar-refractivity contribution in [1.82, 2.24) is 14.8 Å². The average molecular weight is 463 g/mol. The van der Waals surface area contributed by atoms with E-state index in [2.05, 4.69) is 15.5 Å². The molecule has 1 aromatic heterocycles. The molecule has 4 rings (SSSR count). The van der Waals surface area contributed by atoms with E-state index in [-0.39, 0.29) is 5.69 Å². The second-order valence-corrected chi connectivity index (χ2v) is 8.38. The number of hydrogen-bond acceptors (Lipinski definition) is 6. The van der Waals surface area contributed by atoms with Crippen LogP contribution in [0.3, 0.4) is 0 Å². The zero-order chi connectivity index (χ0) is 22.7. The van der Waals surface area contributed by atoms with Gasteiger partial charge in [0.05, 0.1) is 29.8 Å². The van der Waals surface area contributed by atoms with Gasteiger partial charge in [0.2, 0.25) is 11.9 Å². The molecule has 0 spiro atoms. The maximum Gasteiger partial charge on any atom is 0.237 e. The molecule has 1 fully saturated rings. The summed E-state index contributed by atoms with van der Waals surface area (Å²) in [7, 11) is 0. The summed E-state index contributed by atoms with van der Waals surface area (Å²) in [4.78, 5) is 14.6. The molecule has 168 valence electrons. The second-order valence-electron chi connectivity index (χ2n) is 7.07. The number of morpholine rings is 1. The van der Waals surface area contributed by atoms with Crippen molar-refractivity contribution in [2.24, 2.45) is 0 Å². The van der Waals surface area contributed by atoms with Crippen LogP contribution in [0.5, 0.6) is 0 Å². The SMILES string of the molecule is CC(Sc1nnc(N2CCOCC2)n1-c1cccc(F)c1)C(=O)Nc1ccc(F)cc1F. The molecule has 0 aliphatic carbocycles. The highest BCUT2D eigenvalue weighted by atomic mass is 32.2. The molecule has 3 aromatic rings. The molecule has 0 bridgehead atoms. The van der Waals surface area contributed by atoms with E-state index < -0.39 is 28.6 Å². The molecule has 11 heteroatoms. The van der Waals surface area contributed by atoms with Crippen LogP contribution in [0.15, 0.2) is 47.6 Å². The van der Waals surface area contributed by atoms with Crippen molar-refractivity contribution in [3.05, 3.63) is 59.9 Å².